The molecular formula is C28H25N5O3. The fourth-order valence-electron chi connectivity index (χ4n) is 5.59. The van der Waals surface area contributed by atoms with Crippen LogP contribution in [0.4, 0.5) is 0 Å². The summed E-state index contributed by atoms with van der Waals surface area (Å²) in [6, 6.07) is 11.9. The quantitative estimate of drug-likeness (QED) is 0.241. The lowest BCUT2D eigenvalue weighted by molar-refractivity contribution is 0.0921. The van der Waals surface area contributed by atoms with Crippen molar-refractivity contribution in [1.29, 1.82) is 0 Å². The first-order chi connectivity index (χ1) is 17.7. The number of pyridine rings is 1. The summed E-state index contributed by atoms with van der Waals surface area (Å²) < 4.78 is 12.2. The van der Waals surface area contributed by atoms with Gasteiger partial charge in [0.2, 0.25) is 11.7 Å². The zero-order valence-corrected chi connectivity index (χ0v) is 19.7. The Bertz CT molecular complexity index is 1550. The molecule has 8 nitrogen and oxygen atoms in total. The maximum absolute atomic E-state index is 13.2. The number of carbonyl (C=O) groups is 1. The smallest absolute Gasteiger partial charge is 0.284 e. The van der Waals surface area contributed by atoms with Crippen LogP contribution < -0.4 is 0 Å². The molecule has 0 radical (unpaired) electrons. The number of para-hydroxylation sites is 1. The van der Waals surface area contributed by atoms with Gasteiger partial charge in [-0.2, -0.15) is 0 Å². The number of fused-ring (bicyclic) bond motifs is 2. The van der Waals surface area contributed by atoms with Gasteiger partial charge in [-0.25, -0.2) is 4.98 Å². The molecule has 2 aliphatic rings. The van der Waals surface area contributed by atoms with Gasteiger partial charge in [0.25, 0.3) is 5.89 Å². The second kappa shape index (κ2) is 8.55. The standard InChI is InChI=1S/C28H25N5O3/c34-22(28-33-32-27(36-28)18-4-3-11-29-14-18)13-16-7-10-21-25(31-15-30-21)20(12-16)26-24(17-8-9-17)19-5-1-2-6-23(19)35-26/h1-6,11,14-17,20H,7-10,12-13H2,(H,30,31)/t16?,20-/m0/s1. The van der Waals surface area contributed by atoms with Crippen LogP contribution >= 0.6 is 0 Å². The van der Waals surface area contributed by atoms with Gasteiger partial charge in [0.05, 0.1) is 23.5 Å². The summed E-state index contributed by atoms with van der Waals surface area (Å²) >= 11 is 0. The lowest BCUT2D eigenvalue weighted by Crippen LogP contribution is -2.13. The van der Waals surface area contributed by atoms with Crippen molar-refractivity contribution < 1.29 is 13.6 Å². The van der Waals surface area contributed by atoms with Gasteiger partial charge < -0.3 is 13.8 Å². The molecule has 8 heteroatoms. The van der Waals surface area contributed by atoms with Crippen LogP contribution in [-0.4, -0.2) is 30.9 Å². The average Bonchev–Trinajstić information content (AvgIpc) is 3.32. The van der Waals surface area contributed by atoms with E-state index in [4.69, 9.17) is 13.8 Å². The molecule has 2 atom stereocenters. The minimum absolute atomic E-state index is 0.00295. The van der Waals surface area contributed by atoms with Crippen molar-refractivity contribution in [3.63, 3.8) is 0 Å². The van der Waals surface area contributed by atoms with Crippen LogP contribution in [0.1, 0.15) is 77.3 Å². The van der Waals surface area contributed by atoms with E-state index in [0.29, 0.717) is 23.8 Å². The molecule has 0 spiro atoms. The summed E-state index contributed by atoms with van der Waals surface area (Å²) in [5, 5.41) is 9.30. The minimum Gasteiger partial charge on any atom is -0.460 e. The van der Waals surface area contributed by atoms with E-state index in [1.807, 2.05) is 18.2 Å². The molecule has 1 unspecified atom stereocenters. The Labute approximate surface area is 207 Å². The third kappa shape index (κ3) is 3.73. The number of ketones is 1. The van der Waals surface area contributed by atoms with Crippen LogP contribution in [0, 0.1) is 5.92 Å². The van der Waals surface area contributed by atoms with E-state index in [1.54, 1.807) is 24.8 Å². The molecule has 0 bridgehead atoms. The van der Waals surface area contributed by atoms with Gasteiger partial charge in [-0.15, -0.1) is 10.2 Å². The van der Waals surface area contributed by atoms with Crippen LogP contribution in [0.3, 0.4) is 0 Å². The average molecular weight is 480 g/mol. The van der Waals surface area contributed by atoms with Crippen molar-refractivity contribution in [2.24, 2.45) is 5.92 Å². The maximum Gasteiger partial charge on any atom is 0.284 e. The van der Waals surface area contributed by atoms with Gasteiger partial charge in [-0.3, -0.25) is 9.78 Å². The number of carbonyl (C=O) groups excluding carboxylic acids is 1. The number of hydrogen-bond acceptors (Lipinski definition) is 7. The number of furan rings is 1. The second-order valence-electron chi connectivity index (χ2n) is 9.89. The van der Waals surface area contributed by atoms with Crippen molar-refractivity contribution in [2.75, 3.05) is 0 Å². The Hall–Kier alpha value is -4.07. The number of aromatic nitrogens is 5. The van der Waals surface area contributed by atoms with E-state index in [-0.39, 0.29) is 23.5 Å². The summed E-state index contributed by atoms with van der Waals surface area (Å²) in [6.45, 7) is 0. The predicted molar refractivity (Wildman–Crippen MR) is 132 cm³/mol. The highest BCUT2D eigenvalue weighted by Gasteiger charge is 2.38. The highest BCUT2D eigenvalue weighted by Crippen LogP contribution is 2.50. The van der Waals surface area contributed by atoms with Crippen LogP contribution in [0.25, 0.3) is 22.4 Å². The Morgan fingerprint density at radius 3 is 2.83 bits per heavy atom. The lowest BCUT2D eigenvalue weighted by Gasteiger charge is -2.19. The lowest BCUT2D eigenvalue weighted by atomic mass is 9.85. The zero-order valence-electron chi connectivity index (χ0n) is 19.7. The molecule has 2 aliphatic carbocycles. The third-order valence-corrected chi connectivity index (χ3v) is 7.46. The van der Waals surface area contributed by atoms with E-state index >= 15 is 0 Å². The van der Waals surface area contributed by atoms with Crippen molar-refractivity contribution in [3.8, 4) is 11.5 Å². The Morgan fingerprint density at radius 2 is 1.97 bits per heavy atom. The van der Waals surface area contributed by atoms with Crippen LogP contribution in [0.2, 0.25) is 0 Å². The van der Waals surface area contributed by atoms with E-state index in [9.17, 15) is 4.79 Å². The highest BCUT2D eigenvalue weighted by atomic mass is 16.4. The van der Waals surface area contributed by atoms with E-state index in [0.717, 1.165) is 42.0 Å². The molecule has 1 saturated carbocycles. The number of benzene rings is 1. The van der Waals surface area contributed by atoms with E-state index in [2.05, 4.69) is 32.3 Å². The number of nitrogens with one attached hydrogen (secondary N) is 1. The minimum atomic E-state index is -0.132. The largest absolute Gasteiger partial charge is 0.460 e. The highest BCUT2D eigenvalue weighted by molar-refractivity contribution is 5.92. The number of H-pyrrole nitrogens is 1. The van der Waals surface area contributed by atoms with Gasteiger partial charge in [0.1, 0.15) is 11.3 Å². The summed E-state index contributed by atoms with van der Waals surface area (Å²) in [5.74, 6) is 1.92. The molecular weight excluding hydrogens is 454 g/mol. The predicted octanol–water partition coefficient (Wildman–Crippen LogP) is 5.84. The summed E-state index contributed by atoms with van der Waals surface area (Å²) in [4.78, 5) is 25.3. The Kier molecular flexibility index (Phi) is 5.04. The second-order valence-corrected chi connectivity index (χ2v) is 9.89. The van der Waals surface area contributed by atoms with E-state index in [1.165, 1.54) is 23.8 Å². The normalized spacial score (nSPS) is 19.8. The molecule has 1 N–H and O–H groups in total. The first kappa shape index (κ1) is 21.2. The number of Topliss-reactive ketones (excluding diaryl/α,β-unsaturated/α-hetero) is 1. The van der Waals surface area contributed by atoms with Crippen molar-refractivity contribution >= 4 is 16.8 Å². The Balaban J connectivity index is 1.19. The first-order valence-corrected chi connectivity index (χ1v) is 12.5. The van der Waals surface area contributed by atoms with Crippen molar-refractivity contribution in [3.05, 3.63) is 83.7 Å². The number of aryl methyl sites for hydroxylation is 1. The molecule has 36 heavy (non-hydrogen) atoms. The number of imidazole rings is 1. The number of rotatable bonds is 6. The Morgan fingerprint density at radius 1 is 1.06 bits per heavy atom. The van der Waals surface area contributed by atoms with Crippen molar-refractivity contribution in [1.82, 2.24) is 25.1 Å². The molecule has 0 saturated heterocycles. The molecule has 0 amide bonds. The van der Waals surface area contributed by atoms with Crippen LogP contribution in [0.15, 0.2) is 64.0 Å². The van der Waals surface area contributed by atoms with Crippen LogP contribution in [0.5, 0.6) is 0 Å². The molecule has 0 aliphatic heterocycles. The zero-order chi connectivity index (χ0) is 24.1. The fraction of sp³-hybridized carbons (Fsp3) is 0.321. The van der Waals surface area contributed by atoms with Gasteiger partial charge in [-0.1, -0.05) is 18.2 Å². The van der Waals surface area contributed by atoms with Gasteiger partial charge >= 0.3 is 0 Å². The van der Waals surface area contributed by atoms with E-state index < -0.39 is 0 Å². The SMILES string of the molecule is O=C(CC1CCc2[nH]cnc2[C@@H](c2oc3ccccc3c2C2CC2)C1)c1nnc(-c2cccnc2)o1. The monoisotopic (exact) mass is 479 g/mol. The summed E-state index contributed by atoms with van der Waals surface area (Å²) in [7, 11) is 0. The molecule has 4 aromatic heterocycles. The fourth-order valence-corrected chi connectivity index (χ4v) is 5.59. The number of hydrogen-bond donors (Lipinski definition) is 1. The molecule has 180 valence electrons. The first-order valence-electron chi connectivity index (χ1n) is 12.5. The number of aromatic amines is 1. The molecule has 1 fully saturated rings. The molecule has 7 rings (SSSR count). The van der Waals surface area contributed by atoms with Gasteiger partial charge in [0.15, 0.2) is 0 Å². The van der Waals surface area contributed by atoms with Crippen molar-refractivity contribution in [2.45, 2.75) is 50.4 Å². The molecule has 1 aromatic carbocycles. The van der Waals surface area contributed by atoms with Crippen LogP contribution in [-0.2, 0) is 6.42 Å². The maximum atomic E-state index is 13.2. The summed E-state index contributed by atoms with van der Waals surface area (Å²) in [5.41, 5.74) is 5.13. The van der Waals surface area contributed by atoms with Gasteiger partial charge in [0, 0.05) is 35.5 Å². The molecule has 5 aromatic rings. The number of nitrogens with zero attached hydrogens (tertiary/aromatic N) is 4. The molecule has 4 heterocycles. The topological polar surface area (TPSA) is 111 Å². The third-order valence-electron chi connectivity index (χ3n) is 7.46. The van der Waals surface area contributed by atoms with Gasteiger partial charge in [-0.05, 0) is 62.1 Å². The summed E-state index contributed by atoms with van der Waals surface area (Å²) in [6.07, 6.45) is 10.3.